The number of aryl methyl sites for hydroxylation is 2. The van der Waals surface area contributed by atoms with E-state index in [-0.39, 0.29) is 17.1 Å². The molecule has 6 heteroatoms. The van der Waals surface area contributed by atoms with Crippen molar-refractivity contribution in [1.82, 2.24) is 0 Å². The van der Waals surface area contributed by atoms with Crippen molar-refractivity contribution in [1.29, 1.82) is 0 Å². The topological polar surface area (TPSA) is 72.2 Å². The van der Waals surface area contributed by atoms with Gasteiger partial charge in [-0.25, -0.2) is 12.8 Å². The van der Waals surface area contributed by atoms with Gasteiger partial charge >= 0.3 is 0 Å². The Balaban J connectivity index is 2.35. The monoisotopic (exact) mass is 308 g/mol. The van der Waals surface area contributed by atoms with Crippen molar-refractivity contribution in [2.45, 2.75) is 25.3 Å². The van der Waals surface area contributed by atoms with Crippen molar-refractivity contribution in [3.63, 3.8) is 0 Å². The molecule has 0 saturated carbocycles. The highest BCUT2D eigenvalue weighted by Gasteiger charge is 2.17. The third kappa shape index (κ3) is 3.40. The first kappa shape index (κ1) is 15.5. The van der Waals surface area contributed by atoms with E-state index in [1.54, 1.807) is 18.2 Å². The maximum absolute atomic E-state index is 13.8. The van der Waals surface area contributed by atoms with Gasteiger partial charge in [0, 0.05) is 6.54 Å². The molecule has 2 aromatic carbocycles. The molecule has 0 aliphatic heterocycles. The van der Waals surface area contributed by atoms with Gasteiger partial charge in [0.2, 0.25) is 0 Å². The van der Waals surface area contributed by atoms with Crippen molar-refractivity contribution in [3.8, 4) is 0 Å². The second-order valence-corrected chi connectivity index (χ2v) is 6.55. The van der Waals surface area contributed by atoms with Gasteiger partial charge < -0.3 is 5.73 Å². The molecule has 0 fully saturated rings. The molecule has 0 amide bonds. The fourth-order valence-corrected chi connectivity index (χ4v) is 3.01. The smallest absolute Gasteiger partial charge is 0.261 e. The van der Waals surface area contributed by atoms with Crippen molar-refractivity contribution in [2.24, 2.45) is 5.73 Å². The summed E-state index contributed by atoms with van der Waals surface area (Å²) in [6.45, 7) is 3.91. The van der Waals surface area contributed by atoms with Crippen LogP contribution >= 0.6 is 0 Å². The molecule has 0 bridgehead atoms. The summed E-state index contributed by atoms with van der Waals surface area (Å²) in [5.41, 5.74) is 7.77. The van der Waals surface area contributed by atoms with E-state index in [2.05, 4.69) is 4.72 Å². The molecule has 2 rings (SSSR count). The quantitative estimate of drug-likeness (QED) is 0.912. The first-order valence-electron chi connectivity index (χ1n) is 6.42. The van der Waals surface area contributed by atoms with E-state index >= 15 is 0 Å². The molecule has 4 nitrogen and oxygen atoms in total. The summed E-state index contributed by atoms with van der Waals surface area (Å²) >= 11 is 0. The van der Waals surface area contributed by atoms with Crippen LogP contribution in [0, 0.1) is 19.7 Å². The third-order valence-electron chi connectivity index (χ3n) is 3.30. The minimum absolute atomic E-state index is 0.0922. The summed E-state index contributed by atoms with van der Waals surface area (Å²) in [6.07, 6.45) is 0. The van der Waals surface area contributed by atoms with E-state index in [1.807, 2.05) is 13.8 Å². The number of halogens is 1. The Morgan fingerprint density at radius 2 is 1.81 bits per heavy atom. The Bertz CT molecular complexity index is 773. The summed E-state index contributed by atoms with van der Waals surface area (Å²) in [7, 11) is -3.82. The molecule has 0 aliphatic rings. The van der Waals surface area contributed by atoms with Gasteiger partial charge in [0.1, 0.15) is 5.82 Å². The third-order valence-corrected chi connectivity index (χ3v) is 4.67. The van der Waals surface area contributed by atoms with Crippen LogP contribution in [-0.4, -0.2) is 8.42 Å². The van der Waals surface area contributed by atoms with Crippen LogP contribution < -0.4 is 10.5 Å². The zero-order valence-corrected chi connectivity index (χ0v) is 12.7. The Hall–Kier alpha value is -1.92. The molecule has 0 radical (unpaired) electrons. The first-order valence-corrected chi connectivity index (χ1v) is 7.90. The van der Waals surface area contributed by atoms with E-state index in [0.717, 1.165) is 11.1 Å². The summed E-state index contributed by atoms with van der Waals surface area (Å²) in [5, 5.41) is 0. The maximum atomic E-state index is 13.8. The number of sulfonamides is 1. The molecular weight excluding hydrogens is 291 g/mol. The SMILES string of the molecule is Cc1ccc(S(=O)(=O)Nc2ccc(CN)cc2F)cc1C. The fraction of sp³-hybridized carbons (Fsp3) is 0.200. The molecule has 0 aliphatic carbocycles. The Morgan fingerprint density at radius 3 is 2.38 bits per heavy atom. The lowest BCUT2D eigenvalue weighted by molar-refractivity contribution is 0.598. The van der Waals surface area contributed by atoms with Gasteiger partial charge in [-0.2, -0.15) is 0 Å². The Kier molecular flexibility index (Phi) is 4.29. The van der Waals surface area contributed by atoms with Crippen molar-refractivity contribution >= 4 is 15.7 Å². The van der Waals surface area contributed by atoms with Crippen molar-refractivity contribution in [2.75, 3.05) is 4.72 Å². The first-order chi connectivity index (χ1) is 9.83. The van der Waals surface area contributed by atoms with Crippen LogP contribution in [0.25, 0.3) is 0 Å². The van der Waals surface area contributed by atoms with Crippen LogP contribution in [0.1, 0.15) is 16.7 Å². The number of anilines is 1. The normalized spacial score (nSPS) is 11.4. The Morgan fingerprint density at radius 1 is 1.10 bits per heavy atom. The number of hydrogen-bond donors (Lipinski definition) is 2. The van der Waals surface area contributed by atoms with E-state index in [4.69, 9.17) is 5.73 Å². The summed E-state index contributed by atoms with van der Waals surface area (Å²) in [6, 6.07) is 8.95. The lowest BCUT2D eigenvalue weighted by Crippen LogP contribution is -2.14. The molecule has 0 atom stereocenters. The van der Waals surface area contributed by atoms with Crippen LogP contribution in [-0.2, 0) is 16.6 Å². The molecule has 21 heavy (non-hydrogen) atoms. The highest BCUT2D eigenvalue weighted by molar-refractivity contribution is 7.92. The standard InChI is InChI=1S/C15H17FN2O2S/c1-10-3-5-13(7-11(10)2)21(19,20)18-15-6-4-12(9-17)8-14(15)16/h3-8,18H,9,17H2,1-2H3. The Labute approximate surface area is 123 Å². The number of rotatable bonds is 4. The second kappa shape index (κ2) is 5.83. The van der Waals surface area contributed by atoms with Gasteiger partial charge in [0.25, 0.3) is 10.0 Å². The minimum atomic E-state index is -3.82. The molecule has 0 saturated heterocycles. The summed E-state index contributed by atoms with van der Waals surface area (Å²) in [4.78, 5) is 0.105. The lowest BCUT2D eigenvalue weighted by Gasteiger charge is -2.11. The van der Waals surface area contributed by atoms with E-state index in [0.29, 0.717) is 5.56 Å². The predicted molar refractivity (Wildman–Crippen MR) is 81.0 cm³/mol. The molecule has 3 N–H and O–H groups in total. The zero-order chi connectivity index (χ0) is 15.6. The number of benzene rings is 2. The van der Waals surface area contributed by atoms with Gasteiger partial charge in [-0.15, -0.1) is 0 Å². The largest absolute Gasteiger partial charge is 0.326 e. The predicted octanol–water partition coefficient (Wildman–Crippen LogP) is 2.70. The number of hydrogen-bond acceptors (Lipinski definition) is 3. The second-order valence-electron chi connectivity index (χ2n) is 4.87. The zero-order valence-electron chi connectivity index (χ0n) is 11.9. The van der Waals surface area contributed by atoms with E-state index < -0.39 is 15.8 Å². The van der Waals surface area contributed by atoms with Crippen LogP contribution in [0.4, 0.5) is 10.1 Å². The van der Waals surface area contributed by atoms with Crippen LogP contribution in [0.15, 0.2) is 41.3 Å². The maximum Gasteiger partial charge on any atom is 0.261 e. The van der Waals surface area contributed by atoms with Crippen LogP contribution in [0.2, 0.25) is 0 Å². The molecule has 0 aromatic heterocycles. The van der Waals surface area contributed by atoms with Gasteiger partial charge in [0.05, 0.1) is 10.6 Å². The van der Waals surface area contributed by atoms with Crippen molar-refractivity contribution in [3.05, 3.63) is 58.9 Å². The highest BCUT2D eigenvalue weighted by atomic mass is 32.2. The molecule has 112 valence electrons. The van der Waals surface area contributed by atoms with Crippen molar-refractivity contribution < 1.29 is 12.8 Å². The highest BCUT2D eigenvalue weighted by Crippen LogP contribution is 2.21. The number of nitrogens with two attached hydrogens (primary N) is 1. The van der Waals surface area contributed by atoms with Gasteiger partial charge in [-0.05, 0) is 54.8 Å². The van der Waals surface area contributed by atoms with Gasteiger partial charge in [-0.3, -0.25) is 4.72 Å². The molecular formula is C15H17FN2O2S. The van der Waals surface area contributed by atoms with Crippen LogP contribution in [0.5, 0.6) is 0 Å². The molecule has 0 spiro atoms. The van der Waals surface area contributed by atoms with Gasteiger partial charge in [-0.1, -0.05) is 12.1 Å². The van der Waals surface area contributed by atoms with E-state index in [1.165, 1.54) is 18.2 Å². The van der Waals surface area contributed by atoms with Crippen LogP contribution in [0.3, 0.4) is 0 Å². The number of nitrogens with one attached hydrogen (secondary N) is 1. The van der Waals surface area contributed by atoms with E-state index in [9.17, 15) is 12.8 Å². The summed E-state index contributed by atoms with van der Waals surface area (Å²) in [5.74, 6) is -0.648. The molecule has 0 unspecified atom stereocenters. The average Bonchev–Trinajstić information content (AvgIpc) is 2.43. The minimum Gasteiger partial charge on any atom is -0.326 e. The molecule has 0 heterocycles. The average molecular weight is 308 g/mol. The molecule has 2 aromatic rings. The summed E-state index contributed by atoms with van der Waals surface area (Å²) < 4.78 is 40.6. The lowest BCUT2D eigenvalue weighted by atomic mass is 10.1. The van der Waals surface area contributed by atoms with Gasteiger partial charge in [0.15, 0.2) is 0 Å². The fourth-order valence-electron chi connectivity index (χ4n) is 1.85.